The number of hydrogen-bond donors (Lipinski definition) is 3. The fourth-order valence-electron chi connectivity index (χ4n) is 5.43. The van der Waals surface area contributed by atoms with Gasteiger partial charge in [-0.05, 0) is 85.5 Å². The Morgan fingerprint density at radius 2 is 1.93 bits per heavy atom. The van der Waals surface area contributed by atoms with Crippen LogP contribution >= 0.6 is 0 Å². The molecule has 2 aromatic carbocycles. The van der Waals surface area contributed by atoms with Gasteiger partial charge in [-0.25, -0.2) is 17.5 Å². The monoisotopic (exact) mass is 596 g/mol. The van der Waals surface area contributed by atoms with E-state index in [1.807, 2.05) is 30.5 Å². The Hall–Kier alpha value is -3.83. The van der Waals surface area contributed by atoms with Crippen molar-refractivity contribution in [1.29, 1.82) is 0 Å². The molecule has 11 heteroatoms. The average Bonchev–Trinajstić information content (AvgIpc) is 2.97. The minimum Gasteiger partial charge on any atom is -0.497 e. The largest absolute Gasteiger partial charge is 0.497 e. The van der Waals surface area contributed by atoms with Gasteiger partial charge in [-0.2, -0.15) is 0 Å². The number of pyridine rings is 1. The lowest BCUT2D eigenvalue weighted by molar-refractivity contribution is -0.129. The number of hydrogen-bond acceptors (Lipinski definition) is 6. The quantitative estimate of drug-likeness (QED) is 0.259. The molecule has 3 atom stereocenters. The van der Waals surface area contributed by atoms with Crippen molar-refractivity contribution in [2.75, 3.05) is 13.7 Å². The predicted molar refractivity (Wildman–Crippen MR) is 157 cm³/mol. The zero-order valence-electron chi connectivity index (χ0n) is 23.8. The number of sulfonamides is 1. The molecule has 3 aromatic rings. The summed E-state index contributed by atoms with van der Waals surface area (Å²) in [4.78, 5) is 29.3. The standard InChI is InChI=1S/C31H37FN4O5S/c1-21(37)35-29(10-5-6-17-34-42(39,40)30-11-4-3-9-27(30)32)31(38)36-28-15-12-23-19-24(41-2)13-14-25(23)26(28)18-22-8-7-16-33-20-22/h3-4,7-9,11,13-14,16,19-20,26,28-29,34H,5-6,10,12,15,17-18H2,1-2H3,(H,35,37)(H,36,38)/t26-,28+,29+/m1/s1. The third kappa shape index (κ3) is 8.13. The first-order chi connectivity index (χ1) is 20.2. The fraction of sp³-hybridized carbons (Fsp3) is 0.387. The van der Waals surface area contributed by atoms with E-state index in [0.717, 1.165) is 35.8 Å². The number of amides is 2. The average molecular weight is 597 g/mol. The minimum absolute atomic E-state index is 0.00132. The zero-order chi connectivity index (χ0) is 30.1. The van der Waals surface area contributed by atoms with Crippen LogP contribution in [0.3, 0.4) is 0 Å². The van der Waals surface area contributed by atoms with Crippen molar-refractivity contribution >= 4 is 21.8 Å². The second-order valence-corrected chi connectivity index (χ2v) is 12.2. The Morgan fingerprint density at radius 3 is 2.64 bits per heavy atom. The first-order valence-corrected chi connectivity index (χ1v) is 15.5. The molecule has 2 amide bonds. The van der Waals surface area contributed by atoms with Gasteiger partial charge < -0.3 is 15.4 Å². The Balaban J connectivity index is 1.40. The van der Waals surface area contributed by atoms with Gasteiger partial charge in [0.25, 0.3) is 0 Å². The van der Waals surface area contributed by atoms with Crippen LogP contribution in [0.4, 0.5) is 4.39 Å². The molecular weight excluding hydrogens is 559 g/mol. The molecule has 0 aliphatic heterocycles. The van der Waals surface area contributed by atoms with Crippen LogP contribution in [-0.2, 0) is 32.5 Å². The number of ether oxygens (including phenoxy) is 1. The van der Waals surface area contributed by atoms with Gasteiger partial charge in [0.05, 0.1) is 7.11 Å². The summed E-state index contributed by atoms with van der Waals surface area (Å²) >= 11 is 0. The third-order valence-corrected chi connectivity index (χ3v) is 8.99. The van der Waals surface area contributed by atoms with Crippen molar-refractivity contribution in [2.24, 2.45) is 0 Å². The van der Waals surface area contributed by atoms with Crippen LogP contribution in [0.25, 0.3) is 0 Å². The molecule has 0 bridgehead atoms. The molecule has 0 radical (unpaired) electrons. The van der Waals surface area contributed by atoms with Crippen molar-refractivity contribution in [1.82, 2.24) is 20.3 Å². The predicted octanol–water partition coefficient (Wildman–Crippen LogP) is 3.64. The zero-order valence-corrected chi connectivity index (χ0v) is 24.6. The number of benzene rings is 2. The lowest BCUT2D eigenvalue weighted by Crippen LogP contribution is -2.51. The van der Waals surface area contributed by atoms with E-state index in [4.69, 9.17) is 4.74 Å². The molecule has 42 heavy (non-hydrogen) atoms. The number of halogens is 1. The van der Waals surface area contributed by atoms with Crippen LogP contribution in [0.15, 0.2) is 71.9 Å². The van der Waals surface area contributed by atoms with Gasteiger partial charge in [-0.3, -0.25) is 14.6 Å². The van der Waals surface area contributed by atoms with Gasteiger partial charge in [0.15, 0.2) is 0 Å². The summed E-state index contributed by atoms with van der Waals surface area (Å²) in [5.41, 5.74) is 3.39. The van der Waals surface area contributed by atoms with E-state index in [9.17, 15) is 22.4 Å². The van der Waals surface area contributed by atoms with Crippen molar-refractivity contribution < 1.29 is 27.1 Å². The summed E-state index contributed by atoms with van der Waals surface area (Å²) in [6.07, 6.45) is 6.92. The highest BCUT2D eigenvalue weighted by Gasteiger charge is 2.33. The second-order valence-electron chi connectivity index (χ2n) is 10.5. The number of carbonyl (C=O) groups excluding carboxylic acids is 2. The van der Waals surface area contributed by atoms with E-state index in [1.165, 1.54) is 30.7 Å². The van der Waals surface area contributed by atoms with Gasteiger partial charge in [0.2, 0.25) is 21.8 Å². The van der Waals surface area contributed by atoms with E-state index in [0.29, 0.717) is 25.7 Å². The molecule has 3 N–H and O–H groups in total. The summed E-state index contributed by atoms with van der Waals surface area (Å²) in [7, 11) is -2.35. The third-order valence-electron chi connectivity index (χ3n) is 7.50. The number of aryl methyl sites for hydroxylation is 1. The van der Waals surface area contributed by atoms with Crippen molar-refractivity contribution in [3.63, 3.8) is 0 Å². The number of nitrogens with one attached hydrogen (secondary N) is 3. The van der Waals surface area contributed by atoms with Gasteiger partial charge in [-0.15, -0.1) is 0 Å². The van der Waals surface area contributed by atoms with Crippen LogP contribution in [-0.4, -0.2) is 51.0 Å². The second kappa shape index (κ2) is 14.4. The van der Waals surface area contributed by atoms with Crippen molar-refractivity contribution in [3.8, 4) is 5.75 Å². The molecule has 4 rings (SSSR count). The van der Waals surface area contributed by atoms with Gasteiger partial charge in [0.1, 0.15) is 22.5 Å². The molecule has 1 aliphatic carbocycles. The molecule has 9 nitrogen and oxygen atoms in total. The van der Waals surface area contributed by atoms with Crippen LogP contribution in [0, 0.1) is 5.82 Å². The number of nitrogens with zero attached hydrogens (tertiary/aromatic N) is 1. The van der Waals surface area contributed by atoms with Crippen LogP contribution in [0.5, 0.6) is 5.75 Å². The van der Waals surface area contributed by atoms with E-state index >= 15 is 0 Å². The fourth-order valence-corrected chi connectivity index (χ4v) is 6.58. The van der Waals surface area contributed by atoms with E-state index in [2.05, 4.69) is 26.4 Å². The molecule has 1 aromatic heterocycles. The molecule has 224 valence electrons. The molecule has 1 heterocycles. The highest BCUT2D eigenvalue weighted by atomic mass is 32.2. The Bertz CT molecular complexity index is 1490. The lowest BCUT2D eigenvalue weighted by atomic mass is 9.76. The number of fused-ring (bicyclic) bond motifs is 1. The number of carbonyl (C=O) groups is 2. The number of aromatic nitrogens is 1. The Kier molecular flexibility index (Phi) is 10.6. The smallest absolute Gasteiger partial charge is 0.243 e. The summed E-state index contributed by atoms with van der Waals surface area (Å²) in [6, 6.07) is 14.2. The molecule has 1 aliphatic rings. The van der Waals surface area contributed by atoms with Gasteiger partial charge in [0, 0.05) is 37.8 Å². The maximum atomic E-state index is 13.9. The molecule has 0 fully saturated rings. The number of methoxy groups -OCH3 is 1. The Morgan fingerprint density at radius 1 is 1.12 bits per heavy atom. The van der Waals surface area contributed by atoms with E-state index in [-0.39, 0.29) is 30.3 Å². The minimum atomic E-state index is -3.99. The number of rotatable bonds is 13. The van der Waals surface area contributed by atoms with Crippen molar-refractivity contribution in [2.45, 2.75) is 68.3 Å². The maximum absolute atomic E-state index is 13.9. The van der Waals surface area contributed by atoms with Crippen LogP contribution < -0.4 is 20.1 Å². The molecule has 0 saturated carbocycles. The summed E-state index contributed by atoms with van der Waals surface area (Å²) < 4.78 is 46.6. The molecule has 0 spiro atoms. The first kappa shape index (κ1) is 31.1. The topological polar surface area (TPSA) is 126 Å². The van der Waals surface area contributed by atoms with Gasteiger partial charge in [-0.1, -0.05) is 24.3 Å². The summed E-state index contributed by atoms with van der Waals surface area (Å²) in [5, 5.41) is 5.94. The molecule has 0 saturated heterocycles. The summed E-state index contributed by atoms with van der Waals surface area (Å²) in [6.45, 7) is 1.43. The van der Waals surface area contributed by atoms with Crippen LogP contribution in [0.1, 0.15) is 55.2 Å². The summed E-state index contributed by atoms with van der Waals surface area (Å²) in [5.74, 6) is -0.644. The van der Waals surface area contributed by atoms with Crippen LogP contribution in [0.2, 0.25) is 0 Å². The van der Waals surface area contributed by atoms with Crippen molar-refractivity contribution in [3.05, 3.63) is 89.5 Å². The highest BCUT2D eigenvalue weighted by Crippen LogP contribution is 2.36. The molecular formula is C31H37FN4O5S. The normalized spacial score (nSPS) is 17.1. The molecule has 0 unspecified atom stereocenters. The lowest BCUT2D eigenvalue weighted by Gasteiger charge is -2.35. The first-order valence-electron chi connectivity index (χ1n) is 14.1. The van der Waals surface area contributed by atoms with E-state index < -0.39 is 26.8 Å². The van der Waals surface area contributed by atoms with Gasteiger partial charge >= 0.3 is 0 Å². The maximum Gasteiger partial charge on any atom is 0.243 e. The SMILES string of the molecule is COc1ccc2c(c1)CC[C@H](NC(=O)[C@H](CCCCNS(=O)(=O)c1ccccc1F)NC(C)=O)[C@@H]2Cc1cccnc1. The Labute approximate surface area is 246 Å². The number of unbranched alkanes of at least 4 members (excludes halogenated alkanes) is 1. The van der Waals surface area contributed by atoms with E-state index in [1.54, 1.807) is 13.3 Å². The highest BCUT2D eigenvalue weighted by molar-refractivity contribution is 7.89.